The Morgan fingerprint density at radius 1 is 1.22 bits per heavy atom. The second kappa shape index (κ2) is 7.89. The van der Waals surface area contributed by atoms with Gasteiger partial charge in [0.1, 0.15) is 11.7 Å². The van der Waals surface area contributed by atoms with Crippen LogP contribution < -0.4 is 11.1 Å². The highest BCUT2D eigenvalue weighted by Crippen LogP contribution is 2.36. The fourth-order valence-electron chi connectivity index (χ4n) is 2.95. The van der Waals surface area contributed by atoms with Gasteiger partial charge in [-0.15, -0.1) is 0 Å². The lowest BCUT2D eigenvalue weighted by molar-refractivity contribution is -0.0545. The van der Waals surface area contributed by atoms with Gasteiger partial charge in [-0.1, -0.05) is 35.0 Å². The van der Waals surface area contributed by atoms with E-state index in [1.54, 1.807) is 24.3 Å². The molecule has 1 aliphatic rings. The van der Waals surface area contributed by atoms with E-state index in [1.807, 2.05) is 0 Å². The van der Waals surface area contributed by atoms with E-state index >= 15 is 0 Å². The normalized spacial score (nSPS) is 24.3. The van der Waals surface area contributed by atoms with Crippen LogP contribution in [0.15, 0.2) is 24.3 Å². The maximum Gasteiger partial charge on any atom is 0.223 e. The van der Waals surface area contributed by atoms with Crippen molar-refractivity contribution in [1.82, 2.24) is 9.97 Å². The van der Waals surface area contributed by atoms with Crippen LogP contribution in [0.25, 0.3) is 0 Å². The minimum atomic E-state index is -1.69. The van der Waals surface area contributed by atoms with Crippen molar-refractivity contribution in [3.05, 3.63) is 45.6 Å². The molecule has 3 unspecified atom stereocenters. The summed E-state index contributed by atoms with van der Waals surface area (Å²) in [5.41, 5.74) is 4.90. The second-order valence-electron chi connectivity index (χ2n) is 6.33. The third kappa shape index (κ3) is 4.26. The first-order valence-electron chi connectivity index (χ1n) is 8.22. The number of rotatable bonds is 3. The number of aliphatic hydroxyl groups is 3. The zero-order chi connectivity index (χ0) is 19.6. The molecule has 1 aliphatic carbocycles. The highest BCUT2D eigenvalue weighted by atomic mass is 35.5. The van der Waals surface area contributed by atoms with Crippen LogP contribution in [0.5, 0.6) is 0 Å². The van der Waals surface area contributed by atoms with Crippen molar-refractivity contribution in [2.75, 3.05) is 17.7 Å². The highest BCUT2D eigenvalue weighted by Gasteiger charge is 2.47. The van der Waals surface area contributed by atoms with Gasteiger partial charge in [-0.05, 0) is 37.1 Å². The molecule has 1 fully saturated rings. The summed E-state index contributed by atoms with van der Waals surface area (Å²) >= 11 is 12.0. The lowest BCUT2D eigenvalue weighted by Gasteiger charge is -2.30. The summed E-state index contributed by atoms with van der Waals surface area (Å²) in [5.74, 6) is 5.34. The average Bonchev–Trinajstić information content (AvgIpc) is 2.90. The number of anilines is 2. The van der Waals surface area contributed by atoms with Gasteiger partial charge >= 0.3 is 0 Å². The first-order valence-corrected chi connectivity index (χ1v) is 8.98. The van der Waals surface area contributed by atoms with E-state index < -0.39 is 17.7 Å². The summed E-state index contributed by atoms with van der Waals surface area (Å²) in [6, 6.07) is 6.90. The molecule has 1 heterocycles. The Labute approximate surface area is 166 Å². The predicted octanol–water partition coefficient (Wildman–Crippen LogP) is 1.63. The van der Waals surface area contributed by atoms with Crippen molar-refractivity contribution in [3.63, 3.8) is 0 Å². The Bertz CT molecular complexity index is 898. The summed E-state index contributed by atoms with van der Waals surface area (Å²) in [6.07, 6.45) is -0.527. The fraction of sp³-hybridized carbons (Fsp3) is 0.333. The lowest BCUT2D eigenvalue weighted by Crippen LogP contribution is -2.48. The monoisotopic (exact) mass is 408 g/mol. The van der Waals surface area contributed by atoms with Crippen LogP contribution in [0.2, 0.25) is 10.2 Å². The molecule has 142 valence electrons. The van der Waals surface area contributed by atoms with Gasteiger partial charge in [0.25, 0.3) is 0 Å². The summed E-state index contributed by atoms with van der Waals surface area (Å²) in [6.45, 7) is -0.235. The number of hydrogen-bond donors (Lipinski definition) is 5. The van der Waals surface area contributed by atoms with E-state index in [0.717, 1.165) is 0 Å². The van der Waals surface area contributed by atoms with Crippen LogP contribution >= 0.6 is 23.2 Å². The molecule has 0 radical (unpaired) electrons. The SMILES string of the molecule is Nc1nc(Cl)c(C#Cc2ccc(Cl)cc2)c(NC2(O)CCC(CO)C2O)n1. The molecular weight excluding hydrogens is 391 g/mol. The Hall–Kier alpha value is -2.08. The molecule has 6 N–H and O–H groups in total. The van der Waals surface area contributed by atoms with Crippen molar-refractivity contribution in [2.24, 2.45) is 5.92 Å². The van der Waals surface area contributed by atoms with Gasteiger partial charge in [-0.3, -0.25) is 0 Å². The van der Waals surface area contributed by atoms with Gasteiger partial charge in [0, 0.05) is 23.1 Å². The molecule has 0 bridgehead atoms. The number of aliphatic hydroxyl groups excluding tert-OH is 2. The molecule has 9 heteroatoms. The van der Waals surface area contributed by atoms with E-state index in [-0.39, 0.29) is 35.5 Å². The van der Waals surface area contributed by atoms with Gasteiger partial charge in [-0.25, -0.2) is 0 Å². The number of nitrogens with zero attached hydrogens (tertiary/aromatic N) is 2. The zero-order valence-corrected chi connectivity index (χ0v) is 15.7. The summed E-state index contributed by atoms with van der Waals surface area (Å²) < 4.78 is 0. The molecule has 1 aromatic carbocycles. The van der Waals surface area contributed by atoms with E-state index in [4.69, 9.17) is 28.9 Å². The van der Waals surface area contributed by atoms with Crippen LogP contribution in [0.1, 0.15) is 24.0 Å². The van der Waals surface area contributed by atoms with Crippen molar-refractivity contribution in [3.8, 4) is 11.8 Å². The van der Waals surface area contributed by atoms with Crippen LogP contribution in [-0.2, 0) is 0 Å². The quantitative estimate of drug-likeness (QED) is 0.297. The van der Waals surface area contributed by atoms with Gasteiger partial charge in [0.15, 0.2) is 16.7 Å². The predicted molar refractivity (Wildman–Crippen MR) is 103 cm³/mol. The molecule has 0 aliphatic heterocycles. The lowest BCUT2D eigenvalue weighted by atomic mass is 10.0. The number of benzene rings is 1. The van der Waals surface area contributed by atoms with E-state index in [1.165, 1.54) is 0 Å². The van der Waals surface area contributed by atoms with E-state index in [0.29, 0.717) is 17.0 Å². The van der Waals surface area contributed by atoms with Crippen LogP contribution in [0.4, 0.5) is 11.8 Å². The first-order chi connectivity index (χ1) is 12.8. The summed E-state index contributed by atoms with van der Waals surface area (Å²) in [4.78, 5) is 7.96. The Morgan fingerprint density at radius 3 is 2.56 bits per heavy atom. The van der Waals surface area contributed by atoms with Gasteiger partial charge in [-0.2, -0.15) is 9.97 Å². The molecule has 3 rings (SSSR count). The number of nitrogens with one attached hydrogen (secondary N) is 1. The third-order valence-corrected chi connectivity index (χ3v) is 4.99. The minimum absolute atomic E-state index is 0.0151. The Kier molecular flexibility index (Phi) is 5.75. The maximum atomic E-state index is 10.8. The summed E-state index contributed by atoms with van der Waals surface area (Å²) in [7, 11) is 0. The van der Waals surface area contributed by atoms with Gasteiger partial charge in [0.2, 0.25) is 5.95 Å². The number of nitrogen functional groups attached to an aromatic ring is 1. The van der Waals surface area contributed by atoms with Crippen LogP contribution in [0, 0.1) is 17.8 Å². The fourth-order valence-corrected chi connectivity index (χ4v) is 3.30. The minimum Gasteiger partial charge on any atom is -0.396 e. The molecule has 0 spiro atoms. The Balaban J connectivity index is 1.95. The first kappa shape index (κ1) is 19.7. The molecule has 1 saturated carbocycles. The molecule has 2 aromatic rings. The van der Waals surface area contributed by atoms with Crippen molar-refractivity contribution in [1.29, 1.82) is 0 Å². The largest absolute Gasteiger partial charge is 0.396 e. The highest BCUT2D eigenvalue weighted by molar-refractivity contribution is 6.31. The molecule has 27 heavy (non-hydrogen) atoms. The number of halogens is 2. The number of aromatic nitrogens is 2. The smallest absolute Gasteiger partial charge is 0.223 e. The second-order valence-corrected chi connectivity index (χ2v) is 7.12. The van der Waals surface area contributed by atoms with Crippen molar-refractivity contribution in [2.45, 2.75) is 24.7 Å². The average molecular weight is 409 g/mol. The van der Waals surface area contributed by atoms with Crippen molar-refractivity contribution < 1.29 is 15.3 Å². The molecule has 0 saturated heterocycles. The molecule has 3 atom stereocenters. The van der Waals surface area contributed by atoms with Gasteiger partial charge < -0.3 is 26.4 Å². The molecule has 0 amide bonds. The molecule has 7 nitrogen and oxygen atoms in total. The van der Waals surface area contributed by atoms with E-state index in [9.17, 15) is 15.3 Å². The molecular formula is C18H18Cl2N4O3. The maximum absolute atomic E-state index is 10.8. The zero-order valence-electron chi connectivity index (χ0n) is 14.2. The van der Waals surface area contributed by atoms with E-state index in [2.05, 4.69) is 27.1 Å². The number of nitrogens with two attached hydrogens (primary N) is 1. The summed E-state index contributed by atoms with van der Waals surface area (Å²) in [5, 5.41) is 33.8. The van der Waals surface area contributed by atoms with Gasteiger partial charge in [0.05, 0.1) is 0 Å². The molecule has 1 aromatic heterocycles. The topological polar surface area (TPSA) is 125 Å². The number of hydrogen-bond acceptors (Lipinski definition) is 7. The standard InChI is InChI=1S/C18H18Cl2N4O3/c19-12-4-1-10(2-5-12)3-6-13-15(20)22-17(21)23-16(13)24-18(27)8-7-11(9-25)14(18)26/h1-2,4-5,11,14,25-27H,7-9H2,(H3,21,22,23,24). The van der Waals surface area contributed by atoms with Crippen molar-refractivity contribution >= 4 is 35.0 Å². The third-order valence-electron chi connectivity index (χ3n) is 4.46. The Morgan fingerprint density at radius 2 is 1.93 bits per heavy atom. The van der Waals surface area contributed by atoms with Crippen LogP contribution in [-0.4, -0.2) is 43.7 Å². The van der Waals surface area contributed by atoms with Crippen LogP contribution in [0.3, 0.4) is 0 Å².